The van der Waals surface area contributed by atoms with E-state index in [9.17, 15) is 10.1 Å². The molecule has 0 spiro atoms. The topological polar surface area (TPSA) is 82.2 Å². The van der Waals surface area contributed by atoms with Crippen LogP contribution in [-0.4, -0.2) is 34.4 Å². The Labute approximate surface area is 118 Å². The summed E-state index contributed by atoms with van der Waals surface area (Å²) in [5, 5.41) is 18.7. The molecular formula is C13H22N4O3. The Kier molecular flexibility index (Phi) is 4.59. The second-order valence-electron chi connectivity index (χ2n) is 5.53. The van der Waals surface area contributed by atoms with Crippen LogP contribution in [0.15, 0.2) is 0 Å². The Morgan fingerprint density at radius 2 is 2.35 bits per heavy atom. The first kappa shape index (κ1) is 14.8. The summed E-state index contributed by atoms with van der Waals surface area (Å²) in [6.07, 6.45) is 2.06. The van der Waals surface area contributed by atoms with Crippen LogP contribution < -0.4 is 10.1 Å². The van der Waals surface area contributed by atoms with Gasteiger partial charge < -0.3 is 10.1 Å². The summed E-state index contributed by atoms with van der Waals surface area (Å²) < 4.78 is 7.30. The van der Waals surface area contributed by atoms with Crippen molar-refractivity contribution in [2.75, 3.05) is 19.7 Å². The largest absolute Gasteiger partial charge is 0.473 e. The minimum atomic E-state index is -0.409. The smallest absolute Gasteiger partial charge is 0.353 e. The lowest BCUT2D eigenvalue weighted by Gasteiger charge is -2.12. The number of nitro groups is 1. The van der Waals surface area contributed by atoms with E-state index in [1.54, 1.807) is 11.6 Å². The van der Waals surface area contributed by atoms with Gasteiger partial charge in [-0.2, -0.15) is 5.10 Å². The van der Waals surface area contributed by atoms with Crippen LogP contribution in [0.4, 0.5) is 5.69 Å². The molecule has 1 unspecified atom stereocenters. The van der Waals surface area contributed by atoms with E-state index in [1.807, 2.05) is 13.8 Å². The van der Waals surface area contributed by atoms with E-state index in [1.165, 1.54) is 0 Å². The number of nitrogens with zero attached hydrogens (tertiary/aromatic N) is 3. The fourth-order valence-electron chi connectivity index (χ4n) is 2.50. The molecule has 2 rings (SSSR count). The minimum absolute atomic E-state index is 0.0109. The number of rotatable bonds is 6. The predicted molar refractivity (Wildman–Crippen MR) is 75.1 cm³/mol. The first-order valence-corrected chi connectivity index (χ1v) is 7.07. The number of aryl methyl sites for hydroxylation is 1. The first-order chi connectivity index (χ1) is 9.50. The second kappa shape index (κ2) is 6.21. The fraction of sp³-hybridized carbons (Fsp3) is 0.769. The highest BCUT2D eigenvalue weighted by atomic mass is 16.6. The van der Waals surface area contributed by atoms with E-state index < -0.39 is 4.92 Å². The first-order valence-electron chi connectivity index (χ1n) is 7.07. The Hall–Kier alpha value is -1.63. The molecule has 0 bridgehead atoms. The van der Waals surface area contributed by atoms with Gasteiger partial charge in [0.1, 0.15) is 5.69 Å². The third-order valence-corrected chi connectivity index (χ3v) is 3.61. The number of nitrogens with one attached hydrogen (secondary N) is 1. The molecule has 20 heavy (non-hydrogen) atoms. The van der Waals surface area contributed by atoms with Crippen LogP contribution in [0.2, 0.25) is 0 Å². The molecule has 1 aliphatic rings. The van der Waals surface area contributed by atoms with Gasteiger partial charge in [-0.25, -0.2) is 4.68 Å². The van der Waals surface area contributed by atoms with Crippen molar-refractivity contribution < 1.29 is 9.66 Å². The summed E-state index contributed by atoms with van der Waals surface area (Å²) in [5.41, 5.74) is 0.393. The lowest BCUT2D eigenvalue weighted by molar-refractivity contribution is -0.386. The van der Waals surface area contributed by atoms with Crippen molar-refractivity contribution in [3.05, 3.63) is 15.8 Å². The maximum Gasteiger partial charge on any atom is 0.353 e. The van der Waals surface area contributed by atoms with E-state index in [0.717, 1.165) is 25.9 Å². The van der Waals surface area contributed by atoms with Crippen LogP contribution >= 0.6 is 0 Å². The SMILES string of the molecule is Cc1nn(C(C)C)c(OCCC2CCNC2)c1[N+](=O)[O-]. The highest BCUT2D eigenvalue weighted by molar-refractivity contribution is 5.46. The molecule has 1 fully saturated rings. The van der Waals surface area contributed by atoms with Gasteiger partial charge in [0.05, 0.1) is 17.6 Å². The van der Waals surface area contributed by atoms with E-state index in [-0.39, 0.29) is 17.6 Å². The Morgan fingerprint density at radius 3 is 2.90 bits per heavy atom. The average Bonchev–Trinajstić information content (AvgIpc) is 2.97. The van der Waals surface area contributed by atoms with Gasteiger partial charge in [-0.05, 0) is 52.6 Å². The van der Waals surface area contributed by atoms with Crippen molar-refractivity contribution in [3.8, 4) is 5.88 Å². The molecule has 7 nitrogen and oxygen atoms in total. The van der Waals surface area contributed by atoms with E-state index in [4.69, 9.17) is 4.74 Å². The van der Waals surface area contributed by atoms with Crippen LogP contribution in [0.25, 0.3) is 0 Å². The maximum absolute atomic E-state index is 11.2. The van der Waals surface area contributed by atoms with Crippen LogP contribution in [0.3, 0.4) is 0 Å². The van der Waals surface area contributed by atoms with Gasteiger partial charge >= 0.3 is 5.69 Å². The minimum Gasteiger partial charge on any atom is -0.473 e. The molecule has 7 heteroatoms. The quantitative estimate of drug-likeness (QED) is 0.638. The zero-order chi connectivity index (χ0) is 14.7. The predicted octanol–water partition coefficient (Wildman–Crippen LogP) is 2.06. The number of aromatic nitrogens is 2. The molecule has 1 atom stereocenters. The Balaban J connectivity index is 2.09. The molecule has 112 valence electrons. The van der Waals surface area contributed by atoms with E-state index >= 15 is 0 Å². The second-order valence-corrected chi connectivity index (χ2v) is 5.53. The zero-order valence-corrected chi connectivity index (χ0v) is 12.3. The molecular weight excluding hydrogens is 260 g/mol. The molecule has 0 aliphatic carbocycles. The molecule has 0 radical (unpaired) electrons. The Morgan fingerprint density at radius 1 is 1.60 bits per heavy atom. The van der Waals surface area contributed by atoms with Gasteiger partial charge in [0.25, 0.3) is 5.88 Å². The third-order valence-electron chi connectivity index (χ3n) is 3.61. The van der Waals surface area contributed by atoms with Crippen LogP contribution in [0.5, 0.6) is 5.88 Å². The maximum atomic E-state index is 11.2. The van der Waals surface area contributed by atoms with Crippen molar-refractivity contribution in [2.24, 2.45) is 5.92 Å². The molecule has 0 aromatic carbocycles. The fourth-order valence-corrected chi connectivity index (χ4v) is 2.50. The molecule has 1 aromatic heterocycles. The summed E-state index contributed by atoms with van der Waals surface area (Å²) in [5.74, 6) is 0.888. The highest BCUT2D eigenvalue weighted by Crippen LogP contribution is 2.33. The summed E-state index contributed by atoms with van der Waals surface area (Å²) in [6.45, 7) is 8.06. The lowest BCUT2D eigenvalue weighted by Crippen LogP contribution is -2.14. The summed E-state index contributed by atoms with van der Waals surface area (Å²) in [4.78, 5) is 10.8. The average molecular weight is 282 g/mol. The van der Waals surface area contributed by atoms with Crippen LogP contribution in [0.1, 0.15) is 38.4 Å². The van der Waals surface area contributed by atoms with Gasteiger partial charge in [-0.1, -0.05) is 0 Å². The standard InChI is InChI=1S/C13H22N4O3/c1-9(2)16-13(12(17(18)19)10(3)15-16)20-7-5-11-4-6-14-8-11/h9,11,14H,4-8H2,1-3H3. The molecule has 1 saturated heterocycles. The van der Waals surface area contributed by atoms with Gasteiger partial charge in [0, 0.05) is 0 Å². The van der Waals surface area contributed by atoms with Crippen molar-refractivity contribution >= 4 is 5.69 Å². The number of ether oxygens (including phenoxy) is 1. The van der Waals surface area contributed by atoms with E-state index in [2.05, 4.69) is 10.4 Å². The van der Waals surface area contributed by atoms with Crippen molar-refractivity contribution in [2.45, 2.75) is 39.7 Å². The van der Waals surface area contributed by atoms with Gasteiger partial charge in [-0.3, -0.25) is 10.1 Å². The molecule has 1 aromatic rings. The monoisotopic (exact) mass is 282 g/mol. The number of hydrogen-bond donors (Lipinski definition) is 1. The Bertz CT molecular complexity index is 478. The van der Waals surface area contributed by atoms with E-state index in [0.29, 0.717) is 18.2 Å². The molecule has 1 N–H and O–H groups in total. The molecule has 0 amide bonds. The van der Waals surface area contributed by atoms with Crippen molar-refractivity contribution in [1.82, 2.24) is 15.1 Å². The molecule has 0 saturated carbocycles. The summed E-state index contributed by atoms with van der Waals surface area (Å²) in [6, 6.07) is 0.0329. The highest BCUT2D eigenvalue weighted by Gasteiger charge is 2.28. The van der Waals surface area contributed by atoms with Crippen LogP contribution in [0, 0.1) is 23.0 Å². The zero-order valence-electron chi connectivity index (χ0n) is 12.3. The number of hydrogen-bond acceptors (Lipinski definition) is 5. The van der Waals surface area contributed by atoms with Gasteiger partial charge in [-0.15, -0.1) is 0 Å². The van der Waals surface area contributed by atoms with Crippen molar-refractivity contribution in [1.29, 1.82) is 0 Å². The summed E-state index contributed by atoms with van der Waals surface area (Å²) in [7, 11) is 0. The third kappa shape index (κ3) is 3.09. The van der Waals surface area contributed by atoms with Gasteiger partial charge in [0.2, 0.25) is 0 Å². The van der Waals surface area contributed by atoms with Gasteiger partial charge in [0.15, 0.2) is 0 Å². The van der Waals surface area contributed by atoms with Crippen molar-refractivity contribution in [3.63, 3.8) is 0 Å². The lowest BCUT2D eigenvalue weighted by atomic mass is 10.1. The molecule has 1 aliphatic heterocycles. The summed E-state index contributed by atoms with van der Waals surface area (Å²) >= 11 is 0. The van der Waals surface area contributed by atoms with Crippen LogP contribution in [-0.2, 0) is 0 Å². The molecule has 2 heterocycles. The normalized spacial score (nSPS) is 18.7.